The summed E-state index contributed by atoms with van der Waals surface area (Å²) in [7, 11) is 4.07. The molecule has 5 nitrogen and oxygen atoms in total. The second-order valence-electron chi connectivity index (χ2n) is 6.79. The number of pyridine rings is 1. The highest BCUT2D eigenvalue weighted by atomic mass is 16.2. The first kappa shape index (κ1) is 14.5. The number of hydrogen-bond acceptors (Lipinski definition) is 3. The molecule has 1 atom stereocenters. The van der Waals surface area contributed by atoms with Gasteiger partial charge in [-0.25, -0.2) is 0 Å². The minimum absolute atomic E-state index is 0.123. The molecule has 1 aromatic heterocycles. The van der Waals surface area contributed by atoms with Crippen molar-refractivity contribution in [3.05, 3.63) is 45.7 Å². The first-order valence-electron chi connectivity index (χ1n) is 8.17. The fourth-order valence-corrected chi connectivity index (χ4v) is 3.83. The normalized spacial score (nSPS) is 20.0. The van der Waals surface area contributed by atoms with Crippen LogP contribution in [-0.2, 0) is 13.0 Å². The number of carbonyl (C=O) groups is 1. The number of amides is 1. The van der Waals surface area contributed by atoms with E-state index in [0.29, 0.717) is 23.5 Å². The van der Waals surface area contributed by atoms with Gasteiger partial charge in [0.1, 0.15) is 5.56 Å². The number of rotatable bonds is 2. The highest BCUT2D eigenvalue weighted by molar-refractivity contribution is 5.98. The molecule has 0 saturated carbocycles. The smallest absolute Gasteiger partial charge is 0.259 e. The average Bonchev–Trinajstić information content (AvgIpc) is 3.18. The van der Waals surface area contributed by atoms with Crippen molar-refractivity contribution in [3.8, 4) is 0 Å². The van der Waals surface area contributed by atoms with Crippen LogP contribution < -0.4 is 5.43 Å². The lowest BCUT2D eigenvalue weighted by Gasteiger charge is -2.20. The van der Waals surface area contributed by atoms with Gasteiger partial charge >= 0.3 is 0 Å². The lowest BCUT2D eigenvalue weighted by atomic mass is 10.1. The minimum atomic E-state index is -0.127. The Morgan fingerprint density at radius 1 is 1.26 bits per heavy atom. The quantitative estimate of drug-likeness (QED) is 0.841. The fourth-order valence-electron chi connectivity index (χ4n) is 3.83. The van der Waals surface area contributed by atoms with E-state index in [-0.39, 0.29) is 11.3 Å². The molecule has 1 saturated heterocycles. The van der Waals surface area contributed by atoms with Crippen LogP contribution in [0.5, 0.6) is 0 Å². The van der Waals surface area contributed by atoms with Gasteiger partial charge in [0, 0.05) is 37.3 Å². The molecule has 2 aliphatic heterocycles. The van der Waals surface area contributed by atoms with Gasteiger partial charge in [-0.2, -0.15) is 0 Å². The molecule has 1 aromatic carbocycles. The Morgan fingerprint density at radius 3 is 2.83 bits per heavy atom. The monoisotopic (exact) mass is 311 g/mol. The third-order valence-corrected chi connectivity index (χ3v) is 5.21. The Morgan fingerprint density at radius 2 is 2.09 bits per heavy atom. The van der Waals surface area contributed by atoms with Crippen LogP contribution in [0.2, 0.25) is 0 Å². The fraction of sp³-hybridized carbons (Fsp3) is 0.444. The molecule has 2 aromatic rings. The molecular formula is C18H21N3O2. The van der Waals surface area contributed by atoms with Crippen molar-refractivity contribution in [1.82, 2.24) is 14.4 Å². The van der Waals surface area contributed by atoms with Gasteiger partial charge < -0.3 is 14.4 Å². The highest BCUT2D eigenvalue weighted by Crippen LogP contribution is 2.24. The van der Waals surface area contributed by atoms with Gasteiger partial charge in [0.2, 0.25) is 5.43 Å². The first-order chi connectivity index (χ1) is 11.1. The molecular weight excluding hydrogens is 290 g/mol. The average molecular weight is 311 g/mol. The van der Waals surface area contributed by atoms with Gasteiger partial charge in [-0.3, -0.25) is 9.59 Å². The Balaban J connectivity index is 1.75. The van der Waals surface area contributed by atoms with Crippen LogP contribution in [-0.4, -0.2) is 53.5 Å². The topological polar surface area (TPSA) is 45.5 Å². The summed E-state index contributed by atoms with van der Waals surface area (Å²) >= 11 is 0. The number of nitrogens with zero attached hydrogens (tertiary/aromatic N) is 3. The molecule has 0 bridgehead atoms. The summed E-state index contributed by atoms with van der Waals surface area (Å²) < 4.78 is 2.07. The largest absolute Gasteiger partial charge is 0.346 e. The van der Waals surface area contributed by atoms with Gasteiger partial charge in [-0.1, -0.05) is 12.1 Å². The van der Waals surface area contributed by atoms with Crippen molar-refractivity contribution < 1.29 is 4.79 Å². The maximum atomic E-state index is 12.9. The van der Waals surface area contributed by atoms with Crippen molar-refractivity contribution >= 4 is 16.8 Å². The predicted octanol–water partition coefficient (Wildman–Crippen LogP) is 1.33. The summed E-state index contributed by atoms with van der Waals surface area (Å²) in [5.74, 6) is -0.123. The van der Waals surface area contributed by atoms with E-state index in [1.54, 1.807) is 6.20 Å². The van der Waals surface area contributed by atoms with Crippen molar-refractivity contribution in [3.63, 3.8) is 0 Å². The van der Waals surface area contributed by atoms with Crippen molar-refractivity contribution in [2.24, 2.45) is 0 Å². The Bertz CT molecular complexity index is 853. The van der Waals surface area contributed by atoms with E-state index in [9.17, 15) is 9.59 Å². The Hall–Kier alpha value is -2.14. The second-order valence-corrected chi connectivity index (χ2v) is 6.79. The predicted molar refractivity (Wildman–Crippen MR) is 89.9 cm³/mol. The van der Waals surface area contributed by atoms with Gasteiger partial charge in [-0.15, -0.1) is 0 Å². The summed E-state index contributed by atoms with van der Waals surface area (Å²) in [5.41, 5.74) is 2.39. The lowest BCUT2D eigenvalue weighted by molar-refractivity contribution is 0.0781. The Kier molecular flexibility index (Phi) is 3.27. The number of carbonyl (C=O) groups excluding carboxylic acids is 1. The van der Waals surface area contributed by atoms with Crippen LogP contribution in [0.3, 0.4) is 0 Å². The maximum Gasteiger partial charge on any atom is 0.259 e. The zero-order valence-electron chi connectivity index (χ0n) is 13.6. The molecule has 0 spiro atoms. The molecule has 0 unspecified atom stereocenters. The first-order valence-corrected chi connectivity index (χ1v) is 8.17. The summed E-state index contributed by atoms with van der Waals surface area (Å²) in [5, 5.41) is 0.675. The van der Waals surface area contributed by atoms with Crippen LogP contribution in [0.15, 0.2) is 29.2 Å². The van der Waals surface area contributed by atoms with Crippen LogP contribution in [0, 0.1) is 0 Å². The standard InChI is InChI=1S/C18H21N3O2/c1-19(2)13-7-9-21(10-13)18(23)15-11-20-8-6-12-4-3-5-14(16(12)20)17(15)22/h3-5,11,13H,6-10H2,1-2H3/t13-/m1/s1. The zero-order valence-corrected chi connectivity index (χ0v) is 13.6. The van der Waals surface area contributed by atoms with Crippen molar-refractivity contribution in [2.75, 3.05) is 27.2 Å². The third-order valence-electron chi connectivity index (χ3n) is 5.21. The molecule has 23 heavy (non-hydrogen) atoms. The molecule has 1 fully saturated rings. The summed E-state index contributed by atoms with van der Waals surface area (Å²) in [6.45, 7) is 2.26. The second kappa shape index (κ2) is 5.20. The van der Waals surface area contributed by atoms with Crippen LogP contribution in [0.25, 0.3) is 10.9 Å². The lowest BCUT2D eigenvalue weighted by Crippen LogP contribution is -2.36. The number of likely N-dealkylation sites (N-methyl/N-ethyl adjacent to an activating group) is 1. The SMILES string of the molecule is CN(C)[C@@H]1CCN(C(=O)c2cn3c4c(cccc4c2=O)CC3)C1. The molecule has 1 amide bonds. The maximum absolute atomic E-state index is 12.9. The summed E-state index contributed by atoms with van der Waals surface area (Å²) in [4.78, 5) is 29.6. The van der Waals surface area contributed by atoms with Crippen LogP contribution >= 0.6 is 0 Å². The molecule has 0 aliphatic carbocycles. The summed E-state index contributed by atoms with van der Waals surface area (Å²) in [6.07, 6.45) is 3.66. The summed E-state index contributed by atoms with van der Waals surface area (Å²) in [6, 6.07) is 6.20. The number of hydrogen-bond donors (Lipinski definition) is 0. The number of aryl methyl sites for hydroxylation is 2. The van der Waals surface area contributed by atoms with Crippen molar-refractivity contribution in [1.29, 1.82) is 0 Å². The molecule has 120 valence electrons. The molecule has 3 heterocycles. The van der Waals surface area contributed by atoms with Crippen LogP contribution in [0.4, 0.5) is 0 Å². The molecule has 0 radical (unpaired) electrons. The van der Waals surface area contributed by atoms with Gasteiger partial charge in [0.25, 0.3) is 5.91 Å². The third kappa shape index (κ3) is 2.18. The van der Waals surface area contributed by atoms with Gasteiger partial charge in [0.05, 0.1) is 5.52 Å². The Labute approximate surface area is 135 Å². The van der Waals surface area contributed by atoms with E-state index >= 15 is 0 Å². The van der Waals surface area contributed by atoms with E-state index in [1.165, 1.54) is 5.56 Å². The van der Waals surface area contributed by atoms with E-state index in [2.05, 4.69) is 15.5 Å². The molecule has 5 heteroatoms. The van der Waals surface area contributed by atoms with Gasteiger partial charge in [0.15, 0.2) is 0 Å². The van der Waals surface area contributed by atoms with Gasteiger partial charge in [-0.05, 0) is 38.6 Å². The number of aromatic nitrogens is 1. The molecule has 0 N–H and O–H groups in total. The number of para-hydroxylation sites is 1. The number of likely N-dealkylation sites (tertiary alicyclic amines) is 1. The molecule has 2 aliphatic rings. The molecule has 4 rings (SSSR count). The van der Waals surface area contributed by atoms with Crippen LogP contribution in [0.1, 0.15) is 22.3 Å². The van der Waals surface area contributed by atoms with Crippen molar-refractivity contribution in [2.45, 2.75) is 25.4 Å². The van der Waals surface area contributed by atoms with E-state index in [1.807, 2.05) is 31.1 Å². The van der Waals surface area contributed by atoms with E-state index in [0.717, 1.165) is 31.4 Å². The van der Waals surface area contributed by atoms with E-state index in [4.69, 9.17) is 0 Å². The highest BCUT2D eigenvalue weighted by Gasteiger charge is 2.30. The van der Waals surface area contributed by atoms with E-state index < -0.39 is 0 Å². The minimum Gasteiger partial charge on any atom is -0.346 e. The number of benzene rings is 1. The zero-order chi connectivity index (χ0) is 16.1.